The van der Waals surface area contributed by atoms with E-state index in [9.17, 15) is 14.4 Å². The first kappa shape index (κ1) is 12.2. The van der Waals surface area contributed by atoms with E-state index < -0.39 is 30.4 Å². The van der Waals surface area contributed by atoms with Gasteiger partial charge >= 0.3 is 12.0 Å². The molecule has 0 radical (unpaired) electrons. The zero-order chi connectivity index (χ0) is 11.3. The minimum Gasteiger partial charge on any atom is -0.480 e. The van der Waals surface area contributed by atoms with Gasteiger partial charge in [0.1, 0.15) is 6.04 Å². The number of amides is 3. The van der Waals surface area contributed by atoms with Crippen LogP contribution in [0.4, 0.5) is 4.79 Å². The van der Waals surface area contributed by atoms with Crippen molar-refractivity contribution in [1.82, 2.24) is 10.2 Å². The predicted molar refractivity (Wildman–Crippen MR) is 47.5 cm³/mol. The third-order valence-corrected chi connectivity index (χ3v) is 1.41. The second-order valence-corrected chi connectivity index (χ2v) is 2.91. The number of urea groups is 1. The lowest BCUT2D eigenvalue weighted by Crippen LogP contribution is -2.47. The molecule has 0 rings (SSSR count). The molecule has 0 heterocycles. The molecular weight excluding hydrogens is 190 g/mol. The number of primary amides is 1. The fourth-order valence-corrected chi connectivity index (χ4v) is 0.679. The molecule has 0 aliphatic rings. The van der Waals surface area contributed by atoms with Crippen molar-refractivity contribution in [3.05, 3.63) is 0 Å². The maximum atomic E-state index is 11.0. The molecule has 80 valence electrons. The van der Waals surface area contributed by atoms with Crippen LogP contribution >= 0.6 is 0 Å². The van der Waals surface area contributed by atoms with Crippen LogP contribution in [0.25, 0.3) is 0 Å². The van der Waals surface area contributed by atoms with E-state index in [0.717, 1.165) is 4.90 Å². The van der Waals surface area contributed by atoms with Crippen LogP contribution in [-0.4, -0.2) is 48.1 Å². The van der Waals surface area contributed by atoms with Gasteiger partial charge in [-0.2, -0.15) is 0 Å². The summed E-state index contributed by atoms with van der Waals surface area (Å²) in [7, 11) is 2.91. The Morgan fingerprint density at radius 2 is 1.93 bits per heavy atom. The molecule has 0 unspecified atom stereocenters. The third kappa shape index (κ3) is 4.29. The number of aliphatic carboxylic acids is 1. The topological polar surface area (TPSA) is 113 Å². The molecule has 3 amide bonds. The van der Waals surface area contributed by atoms with Gasteiger partial charge in [-0.25, -0.2) is 9.59 Å². The first-order chi connectivity index (χ1) is 6.34. The van der Waals surface area contributed by atoms with Crippen LogP contribution in [0.5, 0.6) is 0 Å². The van der Waals surface area contributed by atoms with Gasteiger partial charge in [0.15, 0.2) is 0 Å². The van der Waals surface area contributed by atoms with Crippen LogP contribution in [0, 0.1) is 0 Å². The van der Waals surface area contributed by atoms with Gasteiger partial charge in [-0.1, -0.05) is 0 Å². The number of carboxylic acids is 1. The highest BCUT2D eigenvalue weighted by Crippen LogP contribution is 1.92. The Kier molecular flexibility index (Phi) is 4.41. The summed E-state index contributed by atoms with van der Waals surface area (Å²) in [5.74, 6) is -2.07. The maximum absolute atomic E-state index is 11.0. The van der Waals surface area contributed by atoms with Gasteiger partial charge in [0.05, 0.1) is 6.42 Å². The van der Waals surface area contributed by atoms with Crippen molar-refractivity contribution in [3.8, 4) is 0 Å². The highest BCUT2D eigenvalue weighted by molar-refractivity contribution is 5.87. The number of nitrogens with zero attached hydrogens (tertiary/aromatic N) is 1. The normalized spacial score (nSPS) is 11.6. The quantitative estimate of drug-likeness (QED) is 0.520. The Bertz CT molecular complexity index is 251. The first-order valence-electron chi connectivity index (χ1n) is 3.83. The van der Waals surface area contributed by atoms with Crippen LogP contribution in [0.2, 0.25) is 0 Å². The Balaban J connectivity index is 4.31. The van der Waals surface area contributed by atoms with E-state index in [4.69, 9.17) is 10.8 Å². The second kappa shape index (κ2) is 5.05. The third-order valence-electron chi connectivity index (χ3n) is 1.41. The molecule has 0 aliphatic carbocycles. The standard InChI is InChI=1S/C7H13N3O4/c1-10(2)7(14)9-4(6(12)13)3-5(8)11/h4H,3H2,1-2H3,(H2,8,11)(H,9,14)(H,12,13)/t4-/m1/s1. The first-order valence-corrected chi connectivity index (χ1v) is 3.83. The van der Waals surface area contributed by atoms with Crippen molar-refractivity contribution in [1.29, 1.82) is 0 Å². The molecular formula is C7H13N3O4. The van der Waals surface area contributed by atoms with Crippen molar-refractivity contribution in [2.24, 2.45) is 5.73 Å². The molecule has 0 aliphatic heterocycles. The molecule has 4 N–H and O–H groups in total. The summed E-state index contributed by atoms with van der Waals surface area (Å²) in [6.07, 6.45) is -0.422. The number of nitrogens with two attached hydrogens (primary N) is 1. The summed E-state index contributed by atoms with van der Waals surface area (Å²) in [5.41, 5.74) is 4.82. The van der Waals surface area contributed by atoms with E-state index in [-0.39, 0.29) is 0 Å². The number of carboxylic acid groups (broad SMARTS) is 1. The minimum atomic E-state index is -1.29. The minimum absolute atomic E-state index is 0.422. The fraction of sp³-hybridized carbons (Fsp3) is 0.571. The van der Waals surface area contributed by atoms with E-state index in [1.165, 1.54) is 14.1 Å². The molecule has 14 heavy (non-hydrogen) atoms. The Morgan fingerprint density at radius 3 is 2.21 bits per heavy atom. The monoisotopic (exact) mass is 203 g/mol. The summed E-state index contributed by atoms with van der Waals surface area (Å²) in [5, 5.41) is 10.7. The summed E-state index contributed by atoms with van der Waals surface area (Å²) < 4.78 is 0. The number of rotatable bonds is 4. The van der Waals surface area contributed by atoms with E-state index >= 15 is 0 Å². The lowest BCUT2D eigenvalue weighted by atomic mass is 10.2. The zero-order valence-electron chi connectivity index (χ0n) is 7.98. The average molecular weight is 203 g/mol. The van der Waals surface area contributed by atoms with Crippen LogP contribution in [0.1, 0.15) is 6.42 Å². The van der Waals surface area contributed by atoms with Crippen molar-refractivity contribution in [2.75, 3.05) is 14.1 Å². The average Bonchev–Trinajstić information content (AvgIpc) is 2.01. The van der Waals surface area contributed by atoms with E-state index in [1.807, 2.05) is 0 Å². The molecule has 0 saturated carbocycles. The van der Waals surface area contributed by atoms with Gasteiger partial charge in [0.2, 0.25) is 5.91 Å². The number of carbonyl (C=O) groups is 3. The summed E-state index contributed by atoms with van der Waals surface area (Å²) in [6, 6.07) is -1.86. The highest BCUT2D eigenvalue weighted by Gasteiger charge is 2.22. The molecule has 0 aromatic heterocycles. The van der Waals surface area contributed by atoms with Crippen molar-refractivity contribution in [3.63, 3.8) is 0 Å². The largest absolute Gasteiger partial charge is 0.480 e. The van der Waals surface area contributed by atoms with Crippen LogP contribution in [-0.2, 0) is 9.59 Å². The molecule has 1 atom stereocenters. The van der Waals surface area contributed by atoms with E-state index in [1.54, 1.807) is 0 Å². The molecule has 0 aromatic rings. The molecule has 7 heteroatoms. The summed E-state index contributed by atoms with van der Waals surface area (Å²) in [6.45, 7) is 0. The fourth-order valence-electron chi connectivity index (χ4n) is 0.679. The van der Waals surface area contributed by atoms with Crippen molar-refractivity contribution < 1.29 is 19.5 Å². The molecule has 7 nitrogen and oxygen atoms in total. The van der Waals surface area contributed by atoms with E-state index in [2.05, 4.69) is 5.32 Å². The zero-order valence-corrected chi connectivity index (χ0v) is 7.98. The van der Waals surface area contributed by atoms with Crippen LogP contribution < -0.4 is 11.1 Å². The number of carbonyl (C=O) groups excluding carboxylic acids is 2. The predicted octanol–water partition coefficient (Wildman–Crippen LogP) is -1.41. The Hall–Kier alpha value is -1.79. The molecule has 0 fully saturated rings. The number of hydrogen-bond acceptors (Lipinski definition) is 3. The van der Waals surface area contributed by atoms with E-state index in [0.29, 0.717) is 0 Å². The number of hydrogen-bond donors (Lipinski definition) is 3. The van der Waals surface area contributed by atoms with Gasteiger partial charge in [-0.05, 0) is 0 Å². The lowest BCUT2D eigenvalue weighted by Gasteiger charge is -2.16. The summed E-state index contributed by atoms with van der Waals surface area (Å²) in [4.78, 5) is 33.2. The van der Waals surface area contributed by atoms with Gasteiger partial charge in [-0.15, -0.1) is 0 Å². The molecule has 0 spiro atoms. The van der Waals surface area contributed by atoms with Crippen molar-refractivity contribution in [2.45, 2.75) is 12.5 Å². The van der Waals surface area contributed by atoms with Gasteiger partial charge in [-0.3, -0.25) is 4.79 Å². The van der Waals surface area contributed by atoms with Crippen LogP contribution in [0.3, 0.4) is 0 Å². The SMILES string of the molecule is CN(C)C(=O)N[C@H](CC(N)=O)C(=O)O. The Labute approximate surface area is 80.9 Å². The van der Waals surface area contributed by atoms with Gasteiger partial charge in [0, 0.05) is 14.1 Å². The highest BCUT2D eigenvalue weighted by atomic mass is 16.4. The number of nitrogens with one attached hydrogen (secondary N) is 1. The van der Waals surface area contributed by atoms with Gasteiger partial charge < -0.3 is 21.1 Å². The molecule has 0 saturated heterocycles. The smallest absolute Gasteiger partial charge is 0.326 e. The lowest BCUT2D eigenvalue weighted by molar-refractivity contribution is -0.140. The maximum Gasteiger partial charge on any atom is 0.326 e. The molecule has 0 aromatic carbocycles. The van der Waals surface area contributed by atoms with Gasteiger partial charge in [0.25, 0.3) is 0 Å². The summed E-state index contributed by atoms with van der Waals surface area (Å²) >= 11 is 0. The second-order valence-electron chi connectivity index (χ2n) is 2.91. The molecule has 0 bridgehead atoms. The van der Waals surface area contributed by atoms with Crippen LogP contribution in [0.15, 0.2) is 0 Å². The van der Waals surface area contributed by atoms with Crippen molar-refractivity contribution >= 4 is 17.9 Å². The Morgan fingerprint density at radius 1 is 1.43 bits per heavy atom.